The van der Waals surface area contributed by atoms with Crippen LogP contribution in [-0.4, -0.2) is 6.04 Å². The van der Waals surface area contributed by atoms with Crippen LogP contribution < -0.4 is 5.32 Å². The number of rotatable bonds is 4. The molecule has 0 aliphatic carbocycles. The van der Waals surface area contributed by atoms with Crippen LogP contribution in [0.15, 0.2) is 16.8 Å². The van der Waals surface area contributed by atoms with E-state index in [1.807, 2.05) is 6.92 Å². The topological polar surface area (TPSA) is 35.8 Å². The molecular weight excluding hydrogens is 168 g/mol. The fourth-order valence-corrected chi connectivity index (χ4v) is 1.56. The lowest BCUT2D eigenvalue weighted by Gasteiger charge is -2.07. The van der Waals surface area contributed by atoms with E-state index in [-0.39, 0.29) is 6.04 Å². The van der Waals surface area contributed by atoms with Gasteiger partial charge in [-0.15, -0.1) is 0 Å². The third kappa shape index (κ3) is 3.04. The molecule has 12 heavy (non-hydrogen) atoms. The molecule has 0 bridgehead atoms. The summed E-state index contributed by atoms with van der Waals surface area (Å²) in [5, 5.41) is 15.9. The maximum atomic E-state index is 8.41. The number of thiophene rings is 1. The molecule has 64 valence electrons. The summed E-state index contributed by atoms with van der Waals surface area (Å²) < 4.78 is 0. The maximum absolute atomic E-state index is 8.41. The number of nitrogens with one attached hydrogen (secondary N) is 1. The molecule has 0 aliphatic heterocycles. The second-order valence-corrected chi connectivity index (χ2v) is 3.56. The summed E-state index contributed by atoms with van der Waals surface area (Å²) in [6, 6.07) is 4.52. The minimum absolute atomic E-state index is 0.287. The lowest BCUT2D eigenvalue weighted by Crippen LogP contribution is -2.24. The molecule has 0 spiro atoms. The minimum atomic E-state index is 0.287. The SMILES string of the molecule is CC(CC#N)NCc1ccsc1. The normalized spacial score (nSPS) is 12.3. The highest BCUT2D eigenvalue weighted by atomic mass is 32.1. The van der Waals surface area contributed by atoms with Gasteiger partial charge in [-0.05, 0) is 29.3 Å². The second-order valence-electron chi connectivity index (χ2n) is 2.78. The molecule has 1 N–H and O–H groups in total. The molecule has 2 nitrogen and oxygen atoms in total. The van der Waals surface area contributed by atoms with Crippen LogP contribution in [0.5, 0.6) is 0 Å². The first kappa shape index (κ1) is 9.24. The van der Waals surface area contributed by atoms with Crippen LogP contribution >= 0.6 is 11.3 Å². The van der Waals surface area contributed by atoms with E-state index in [4.69, 9.17) is 5.26 Å². The van der Waals surface area contributed by atoms with Crippen LogP contribution in [-0.2, 0) is 6.54 Å². The second kappa shape index (κ2) is 4.91. The molecular formula is C9H12N2S. The fourth-order valence-electron chi connectivity index (χ4n) is 0.894. The van der Waals surface area contributed by atoms with Crippen molar-refractivity contribution in [2.24, 2.45) is 0 Å². The molecule has 1 aromatic heterocycles. The van der Waals surface area contributed by atoms with Gasteiger partial charge in [0.2, 0.25) is 0 Å². The highest BCUT2D eigenvalue weighted by molar-refractivity contribution is 7.07. The minimum Gasteiger partial charge on any atom is -0.309 e. The quantitative estimate of drug-likeness (QED) is 0.770. The van der Waals surface area contributed by atoms with Gasteiger partial charge in [0.15, 0.2) is 0 Å². The van der Waals surface area contributed by atoms with Crippen molar-refractivity contribution in [1.29, 1.82) is 5.26 Å². The zero-order chi connectivity index (χ0) is 8.81. The lowest BCUT2D eigenvalue weighted by molar-refractivity contribution is 0.558. The third-order valence-corrected chi connectivity index (χ3v) is 2.36. The van der Waals surface area contributed by atoms with Gasteiger partial charge in [0, 0.05) is 12.6 Å². The van der Waals surface area contributed by atoms with Gasteiger partial charge in [0.1, 0.15) is 0 Å². The summed E-state index contributed by atoms with van der Waals surface area (Å²) in [7, 11) is 0. The van der Waals surface area contributed by atoms with Gasteiger partial charge in [-0.2, -0.15) is 16.6 Å². The van der Waals surface area contributed by atoms with Gasteiger partial charge in [0.05, 0.1) is 12.5 Å². The highest BCUT2D eigenvalue weighted by Crippen LogP contribution is 2.05. The first-order chi connectivity index (χ1) is 5.83. The van der Waals surface area contributed by atoms with E-state index < -0.39 is 0 Å². The molecule has 1 aromatic rings. The molecule has 0 aromatic carbocycles. The molecule has 1 atom stereocenters. The Balaban J connectivity index is 2.23. The molecule has 3 heteroatoms. The molecule has 0 saturated heterocycles. The van der Waals surface area contributed by atoms with Crippen LogP contribution in [0.4, 0.5) is 0 Å². The van der Waals surface area contributed by atoms with Crippen molar-refractivity contribution in [1.82, 2.24) is 5.32 Å². The summed E-state index contributed by atoms with van der Waals surface area (Å²) in [4.78, 5) is 0. The Morgan fingerprint density at radius 2 is 2.58 bits per heavy atom. The van der Waals surface area contributed by atoms with E-state index in [0.717, 1.165) is 6.54 Å². The Bertz CT molecular complexity index is 248. The zero-order valence-corrected chi connectivity index (χ0v) is 7.90. The predicted octanol–water partition coefficient (Wildman–Crippen LogP) is 2.14. The van der Waals surface area contributed by atoms with Gasteiger partial charge in [-0.3, -0.25) is 0 Å². The number of nitriles is 1. The van der Waals surface area contributed by atoms with Crippen molar-refractivity contribution < 1.29 is 0 Å². The van der Waals surface area contributed by atoms with Crippen molar-refractivity contribution in [3.63, 3.8) is 0 Å². The average molecular weight is 180 g/mol. The van der Waals surface area contributed by atoms with E-state index in [1.54, 1.807) is 11.3 Å². The van der Waals surface area contributed by atoms with Crippen LogP contribution in [0.25, 0.3) is 0 Å². The molecule has 0 aliphatic rings. The van der Waals surface area contributed by atoms with E-state index >= 15 is 0 Å². The van der Waals surface area contributed by atoms with Gasteiger partial charge < -0.3 is 5.32 Å². The van der Waals surface area contributed by atoms with Crippen molar-refractivity contribution in [3.05, 3.63) is 22.4 Å². The molecule has 1 unspecified atom stereocenters. The summed E-state index contributed by atoms with van der Waals surface area (Å²) >= 11 is 1.70. The Morgan fingerprint density at radius 3 is 3.17 bits per heavy atom. The van der Waals surface area contributed by atoms with E-state index in [9.17, 15) is 0 Å². The van der Waals surface area contributed by atoms with E-state index in [0.29, 0.717) is 6.42 Å². The van der Waals surface area contributed by atoms with Gasteiger partial charge in [-0.25, -0.2) is 0 Å². The summed E-state index contributed by atoms with van der Waals surface area (Å²) in [5.74, 6) is 0. The summed E-state index contributed by atoms with van der Waals surface area (Å²) in [6.07, 6.45) is 0.574. The first-order valence-electron chi connectivity index (χ1n) is 3.94. The Hall–Kier alpha value is -0.850. The summed E-state index contributed by atoms with van der Waals surface area (Å²) in [6.45, 7) is 2.89. The average Bonchev–Trinajstić information content (AvgIpc) is 2.53. The van der Waals surface area contributed by atoms with Crippen LogP contribution in [0.3, 0.4) is 0 Å². The van der Waals surface area contributed by atoms with Crippen LogP contribution in [0.2, 0.25) is 0 Å². The van der Waals surface area contributed by atoms with E-state index in [2.05, 4.69) is 28.2 Å². The number of hydrogen-bond acceptors (Lipinski definition) is 3. The zero-order valence-electron chi connectivity index (χ0n) is 7.08. The van der Waals surface area contributed by atoms with Crippen LogP contribution in [0.1, 0.15) is 18.9 Å². The monoisotopic (exact) mass is 180 g/mol. The summed E-state index contributed by atoms with van der Waals surface area (Å²) in [5.41, 5.74) is 1.30. The lowest BCUT2D eigenvalue weighted by atomic mass is 10.2. The largest absolute Gasteiger partial charge is 0.309 e. The van der Waals surface area contributed by atoms with Crippen molar-refractivity contribution in [2.75, 3.05) is 0 Å². The highest BCUT2D eigenvalue weighted by Gasteiger charge is 1.99. The smallest absolute Gasteiger partial charge is 0.0638 e. The molecule has 0 radical (unpaired) electrons. The van der Waals surface area contributed by atoms with Crippen LogP contribution in [0, 0.1) is 11.3 Å². The molecule has 0 fully saturated rings. The first-order valence-corrected chi connectivity index (χ1v) is 4.88. The van der Waals surface area contributed by atoms with Gasteiger partial charge in [-0.1, -0.05) is 0 Å². The van der Waals surface area contributed by atoms with Crippen molar-refractivity contribution >= 4 is 11.3 Å². The number of hydrogen-bond donors (Lipinski definition) is 1. The predicted molar refractivity (Wildman–Crippen MR) is 50.9 cm³/mol. The van der Waals surface area contributed by atoms with Gasteiger partial charge >= 0.3 is 0 Å². The Morgan fingerprint density at radius 1 is 1.75 bits per heavy atom. The fraction of sp³-hybridized carbons (Fsp3) is 0.444. The maximum Gasteiger partial charge on any atom is 0.0638 e. The van der Waals surface area contributed by atoms with Crippen molar-refractivity contribution in [3.8, 4) is 6.07 Å². The van der Waals surface area contributed by atoms with Crippen molar-refractivity contribution in [2.45, 2.75) is 25.9 Å². The molecule has 1 rings (SSSR count). The Kier molecular flexibility index (Phi) is 3.78. The molecule has 1 heterocycles. The number of nitrogens with zero attached hydrogens (tertiary/aromatic N) is 1. The van der Waals surface area contributed by atoms with Gasteiger partial charge in [0.25, 0.3) is 0 Å². The Labute approximate surface area is 76.8 Å². The molecule has 0 amide bonds. The van der Waals surface area contributed by atoms with E-state index in [1.165, 1.54) is 5.56 Å². The standard InChI is InChI=1S/C9H12N2S/c1-8(2-4-10)11-6-9-3-5-12-7-9/h3,5,7-8,11H,2,6H2,1H3. The third-order valence-electron chi connectivity index (χ3n) is 1.63. The molecule has 0 saturated carbocycles.